The van der Waals surface area contributed by atoms with Gasteiger partial charge < -0.3 is 25.5 Å². The van der Waals surface area contributed by atoms with Crippen LogP contribution in [-0.2, 0) is 0 Å². The molecule has 0 aromatic heterocycles. The second-order valence-corrected chi connectivity index (χ2v) is 14.0. The number of nitrogens with zero attached hydrogens (tertiary/aromatic N) is 1. The lowest BCUT2D eigenvalue weighted by Crippen LogP contribution is -2.62. The number of carbonyl (C=O) groups excluding carboxylic acids is 1. The summed E-state index contributed by atoms with van der Waals surface area (Å²) in [6.45, 7) is 11.4. The number of hydrogen-bond donors (Lipinski definition) is 4. The van der Waals surface area contributed by atoms with Crippen molar-refractivity contribution in [2.24, 2.45) is 52.3 Å². The number of aliphatic hydroxyl groups is 3. The van der Waals surface area contributed by atoms with Crippen molar-refractivity contribution in [3.63, 3.8) is 0 Å². The predicted molar refractivity (Wildman–Crippen MR) is 141 cm³/mol. The van der Waals surface area contributed by atoms with Crippen molar-refractivity contribution in [2.75, 3.05) is 19.6 Å². The molecule has 4 N–H and O–H groups in total. The van der Waals surface area contributed by atoms with Crippen molar-refractivity contribution in [1.82, 2.24) is 10.2 Å². The van der Waals surface area contributed by atoms with Gasteiger partial charge in [0.25, 0.3) is 0 Å². The third-order valence-corrected chi connectivity index (χ3v) is 12.5. The topological polar surface area (TPSA) is 93.0 Å². The molecule has 5 aliphatic rings. The van der Waals surface area contributed by atoms with E-state index >= 15 is 0 Å². The van der Waals surface area contributed by atoms with E-state index in [1.54, 1.807) is 4.90 Å². The zero-order valence-electron chi connectivity index (χ0n) is 23.2. The van der Waals surface area contributed by atoms with Crippen LogP contribution in [0.4, 0.5) is 4.79 Å². The molecule has 6 heteroatoms. The lowest BCUT2D eigenvalue weighted by atomic mass is 9.41. The molecule has 0 aromatic rings. The third-order valence-electron chi connectivity index (χ3n) is 12.5. The quantitative estimate of drug-likeness (QED) is 0.446. The summed E-state index contributed by atoms with van der Waals surface area (Å²) in [5, 5.41) is 35.2. The van der Waals surface area contributed by atoms with Crippen LogP contribution in [0.2, 0.25) is 0 Å². The summed E-state index contributed by atoms with van der Waals surface area (Å²) < 4.78 is 0. The molecule has 36 heavy (non-hydrogen) atoms. The van der Waals surface area contributed by atoms with Gasteiger partial charge in [-0.15, -0.1) is 0 Å². The van der Waals surface area contributed by atoms with E-state index in [0.717, 1.165) is 32.1 Å². The number of carbonyl (C=O) groups is 1. The SMILES string of the molecule is CC[C@H]1[C@@H](O)C2C3CC[C@H](C(C)CCNC(=O)N4CC[C@@H](O)C4)[C@@]3(C)CCC2[C@@]2(C)CC[C@@H](O)C[C@@H]12. The number of hydrogen-bond acceptors (Lipinski definition) is 4. The number of nitrogens with one attached hydrogen (secondary N) is 1. The molecule has 4 aliphatic carbocycles. The molecule has 5 rings (SSSR count). The molecule has 12 atom stereocenters. The zero-order valence-corrected chi connectivity index (χ0v) is 23.2. The first-order valence-corrected chi connectivity index (χ1v) is 15.2. The van der Waals surface area contributed by atoms with Gasteiger partial charge in [-0.1, -0.05) is 34.1 Å². The van der Waals surface area contributed by atoms with Crippen LogP contribution in [0.5, 0.6) is 0 Å². The Bertz CT molecular complexity index is 808. The van der Waals surface area contributed by atoms with E-state index in [2.05, 4.69) is 33.0 Å². The Labute approximate surface area is 218 Å². The van der Waals surface area contributed by atoms with E-state index in [1.165, 1.54) is 25.7 Å². The summed E-state index contributed by atoms with van der Waals surface area (Å²) in [6.07, 6.45) is 9.70. The number of β-amino-alcohol motifs (C(OH)–C–C–N with tert-alkyl or cyclic N) is 1. The molecule has 4 saturated carbocycles. The first kappa shape index (κ1) is 26.7. The fraction of sp³-hybridized carbons (Fsp3) is 0.967. The summed E-state index contributed by atoms with van der Waals surface area (Å²) >= 11 is 0. The number of urea groups is 1. The fourth-order valence-corrected chi connectivity index (χ4v) is 10.6. The van der Waals surface area contributed by atoms with Gasteiger partial charge in [0.05, 0.1) is 18.3 Å². The second-order valence-electron chi connectivity index (χ2n) is 14.0. The average molecular weight is 505 g/mol. The molecule has 5 fully saturated rings. The lowest BCUT2D eigenvalue weighted by Gasteiger charge is -2.64. The monoisotopic (exact) mass is 504 g/mol. The van der Waals surface area contributed by atoms with Crippen LogP contribution in [0.15, 0.2) is 0 Å². The molecule has 0 aromatic carbocycles. The number of likely N-dealkylation sites (tertiary alicyclic amines) is 1. The average Bonchev–Trinajstić information content (AvgIpc) is 3.43. The molecule has 6 nitrogen and oxygen atoms in total. The lowest BCUT2D eigenvalue weighted by molar-refractivity contribution is -0.203. The molecule has 1 aliphatic heterocycles. The summed E-state index contributed by atoms with van der Waals surface area (Å²) in [5.74, 6) is 3.49. The highest BCUT2D eigenvalue weighted by atomic mass is 16.3. The second kappa shape index (κ2) is 10.0. The molecule has 1 saturated heterocycles. The van der Waals surface area contributed by atoms with Gasteiger partial charge in [0.2, 0.25) is 0 Å². The fourth-order valence-electron chi connectivity index (χ4n) is 10.6. The Morgan fingerprint density at radius 2 is 1.69 bits per heavy atom. The molecule has 206 valence electrons. The van der Waals surface area contributed by atoms with E-state index in [4.69, 9.17) is 0 Å². The van der Waals surface area contributed by atoms with Crippen LogP contribution in [0, 0.1) is 52.3 Å². The molecule has 0 spiro atoms. The Kier molecular flexibility index (Phi) is 7.46. The van der Waals surface area contributed by atoms with Crippen molar-refractivity contribution in [3.05, 3.63) is 0 Å². The first-order valence-electron chi connectivity index (χ1n) is 15.2. The van der Waals surface area contributed by atoms with Crippen LogP contribution in [0.25, 0.3) is 0 Å². The van der Waals surface area contributed by atoms with Crippen molar-refractivity contribution >= 4 is 6.03 Å². The van der Waals surface area contributed by atoms with Crippen molar-refractivity contribution in [3.8, 4) is 0 Å². The molecule has 4 unspecified atom stereocenters. The van der Waals surface area contributed by atoms with E-state index in [0.29, 0.717) is 67.5 Å². The Morgan fingerprint density at radius 1 is 0.972 bits per heavy atom. The smallest absolute Gasteiger partial charge is 0.317 e. The largest absolute Gasteiger partial charge is 0.393 e. The predicted octanol–water partition coefficient (Wildman–Crippen LogP) is 4.42. The number of amides is 2. The maximum atomic E-state index is 12.5. The Hall–Kier alpha value is -0.850. The molecular weight excluding hydrogens is 452 g/mol. The minimum absolute atomic E-state index is 0.0360. The highest BCUT2D eigenvalue weighted by Crippen LogP contribution is 2.69. The van der Waals surface area contributed by atoms with E-state index in [1.807, 2.05) is 0 Å². The minimum Gasteiger partial charge on any atom is -0.393 e. The normalized spacial score (nSPS) is 49.2. The van der Waals surface area contributed by atoms with E-state index < -0.39 is 0 Å². The number of aliphatic hydroxyl groups excluding tert-OH is 3. The molecule has 0 bridgehead atoms. The molecular formula is C30H52N2O4. The third kappa shape index (κ3) is 4.31. The summed E-state index contributed by atoms with van der Waals surface area (Å²) in [4.78, 5) is 14.2. The Morgan fingerprint density at radius 3 is 2.39 bits per heavy atom. The summed E-state index contributed by atoms with van der Waals surface area (Å²) in [5.41, 5.74) is 0.516. The molecule has 1 heterocycles. The standard InChI is InChI=1S/C30H52N2O4/c1-5-21-25-16-19(33)8-12-30(25,4)24-9-13-29(3)22(6-7-23(29)26(24)27(21)35)18(2)10-14-31-28(36)32-15-11-20(34)17-32/h18-27,33-35H,5-17H2,1-4H3,(H,31,36)/t18?,19-,20-,21-,22-,23?,24?,25+,26?,27-,29-,30-/m1/s1. The van der Waals surface area contributed by atoms with Gasteiger partial charge >= 0.3 is 6.03 Å². The van der Waals surface area contributed by atoms with Crippen LogP contribution < -0.4 is 5.32 Å². The summed E-state index contributed by atoms with van der Waals surface area (Å²) in [6, 6.07) is -0.0360. The van der Waals surface area contributed by atoms with Gasteiger partial charge in [0.15, 0.2) is 0 Å². The summed E-state index contributed by atoms with van der Waals surface area (Å²) in [7, 11) is 0. The van der Waals surface area contributed by atoms with Crippen molar-refractivity contribution < 1.29 is 20.1 Å². The zero-order chi connectivity index (χ0) is 25.8. The highest BCUT2D eigenvalue weighted by Gasteiger charge is 2.64. The number of rotatable bonds is 5. The van der Waals surface area contributed by atoms with Crippen LogP contribution in [-0.4, -0.2) is 64.2 Å². The van der Waals surface area contributed by atoms with Crippen LogP contribution in [0.3, 0.4) is 0 Å². The minimum atomic E-state index is -0.376. The van der Waals surface area contributed by atoms with Gasteiger partial charge in [0, 0.05) is 19.6 Å². The van der Waals surface area contributed by atoms with Gasteiger partial charge in [0.1, 0.15) is 0 Å². The Balaban J connectivity index is 1.26. The number of fused-ring (bicyclic) bond motifs is 5. The van der Waals surface area contributed by atoms with Crippen molar-refractivity contribution in [2.45, 2.75) is 110 Å². The highest BCUT2D eigenvalue weighted by molar-refractivity contribution is 5.74. The maximum absolute atomic E-state index is 12.5. The van der Waals surface area contributed by atoms with Gasteiger partial charge in [-0.3, -0.25) is 0 Å². The van der Waals surface area contributed by atoms with Crippen molar-refractivity contribution in [1.29, 1.82) is 0 Å². The van der Waals surface area contributed by atoms with Gasteiger partial charge in [-0.2, -0.15) is 0 Å². The van der Waals surface area contributed by atoms with Gasteiger partial charge in [-0.05, 0) is 110 Å². The first-order chi connectivity index (χ1) is 17.1. The molecule has 2 amide bonds. The van der Waals surface area contributed by atoms with Gasteiger partial charge in [-0.25, -0.2) is 4.79 Å². The maximum Gasteiger partial charge on any atom is 0.317 e. The van der Waals surface area contributed by atoms with Crippen LogP contribution >= 0.6 is 0 Å². The molecule has 0 radical (unpaired) electrons. The van der Waals surface area contributed by atoms with E-state index in [-0.39, 0.29) is 35.2 Å². The van der Waals surface area contributed by atoms with E-state index in [9.17, 15) is 20.1 Å². The van der Waals surface area contributed by atoms with Crippen LogP contribution in [0.1, 0.15) is 91.9 Å².